The minimum atomic E-state index is -4.69. The molecule has 1 aromatic rings. The highest BCUT2D eigenvalue weighted by Gasteiger charge is 2.37. The zero-order valence-electron chi connectivity index (χ0n) is 15.9. The van der Waals surface area contributed by atoms with Crippen LogP contribution in [0.15, 0.2) is 18.2 Å². The summed E-state index contributed by atoms with van der Waals surface area (Å²) < 4.78 is 45.8. The Labute approximate surface area is 161 Å². The van der Waals surface area contributed by atoms with Crippen molar-refractivity contribution >= 4 is 23.2 Å². The van der Waals surface area contributed by atoms with E-state index < -0.39 is 29.6 Å². The van der Waals surface area contributed by atoms with Crippen LogP contribution >= 0.6 is 0 Å². The number of alkyl halides is 3. The van der Waals surface area contributed by atoms with E-state index in [1.165, 1.54) is 12.1 Å². The molecule has 10 heteroatoms. The lowest BCUT2D eigenvalue weighted by molar-refractivity contribution is -0.137. The van der Waals surface area contributed by atoms with Crippen LogP contribution in [0.4, 0.5) is 24.5 Å². The minimum absolute atomic E-state index is 0.00705. The molecule has 0 saturated carbocycles. The number of benzene rings is 1. The first-order chi connectivity index (χ1) is 13.2. The van der Waals surface area contributed by atoms with Crippen molar-refractivity contribution in [1.29, 1.82) is 0 Å². The topological polar surface area (TPSA) is 87.9 Å². The summed E-state index contributed by atoms with van der Waals surface area (Å²) in [6, 6.07) is 2.73. The Balaban J connectivity index is 2.32. The average molecular weight is 402 g/mol. The van der Waals surface area contributed by atoms with Gasteiger partial charge in [-0.15, -0.1) is 0 Å². The quantitative estimate of drug-likeness (QED) is 0.725. The lowest BCUT2D eigenvalue weighted by Gasteiger charge is -2.30. The molecule has 2 amide bonds. The van der Waals surface area contributed by atoms with Crippen LogP contribution in [0.5, 0.6) is 0 Å². The zero-order chi connectivity index (χ0) is 20.9. The first-order valence-electron chi connectivity index (χ1n) is 9.07. The molecule has 3 N–H and O–H groups in total. The molecule has 0 spiro atoms. The van der Waals surface area contributed by atoms with E-state index in [0.717, 1.165) is 11.0 Å². The predicted molar refractivity (Wildman–Crippen MR) is 99.0 cm³/mol. The Kier molecular flexibility index (Phi) is 7.39. The van der Waals surface area contributed by atoms with E-state index in [9.17, 15) is 22.8 Å². The van der Waals surface area contributed by atoms with Crippen molar-refractivity contribution in [3.63, 3.8) is 0 Å². The van der Waals surface area contributed by atoms with E-state index in [-0.39, 0.29) is 37.7 Å². The maximum absolute atomic E-state index is 13.6. The molecule has 0 bridgehead atoms. The Morgan fingerprint density at radius 3 is 2.57 bits per heavy atom. The summed E-state index contributed by atoms with van der Waals surface area (Å²) >= 11 is 0. The van der Waals surface area contributed by atoms with Gasteiger partial charge in [-0.25, -0.2) is 0 Å². The van der Waals surface area contributed by atoms with Crippen LogP contribution in [0.25, 0.3) is 0 Å². The smallest absolute Gasteiger partial charge is 0.370 e. The monoisotopic (exact) mass is 402 g/mol. The SMILES string of the molecule is CCN(CC)[C@H](CN)C(=O)Nc1ccc(N2CCOCC2=O)c(C(F)(F)F)c1. The number of halogens is 3. The van der Waals surface area contributed by atoms with Crippen LogP contribution in [0.3, 0.4) is 0 Å². The summed E-state index contributed by atoms with van der Waals surface area (Å²) in [6.45, 7) is 4.87. The fourth-order valence-electron chi connectivity index (χ4n) is 3.16. The molecule has 0 aliphatic carbocycles. The van der Waals surface area contributed by atoms with Crippen LogP contribution in [-0.2, 0) is 20.5 Å². The van der Waals surface area contributed by atoms with E-state index >= 15 is 0 Å². The predicted octanol–water partition coefficient (Wildman–Crippen LogP) is 1.68. The third kappa shape index (κ3) is 5.00. The number of likely N-dealkylation sites (N-methyl/N-ethyl adjacent to an activating group) is 1. The third-order valence-electron chi connectivity index (χ3n) is 4.63. The Bertz CT molecular complexity index is 708. The summed E-state index contributed by atoms with van der Waals surface area (Å²) in [5, 5.41) is 2.51. The zero-order valence-corrected chi connectivity index (χ0v) is 15.9. The highest BCUT2D eigenvalue weighted by Crippen LogP contribution is 2.38. The number of rotatable bonds is 7. The number of nitrogens with two attached hydrogens (primary N) is 1. The maximum atomic E-state index is 13.6. The maximum Gasteiger partial charge on any atom is 0.418 e. The lowest BCUT2D eigenvalue weighted by atomic mass is 10.1. The molecule has 1 saturated heterocycles. The molecular formula is C18H25F3N4O3. The number of nitrogens with one attached hydrogen (secondary N) is 1. The summed E-state index contributed by atoms with van der Waals surface area (Å²) in [7, 11) is 0. The molecule has 28 heavy (non-hydrogen) atoms. The normalized spacial score (nSPS) is 16.4. The lowest BCUT2D eigenvalue weighted by Crippen LogP contribution is -2.48. The van der Waals surface area contributed by atoms with Crippen molar-refractivity contribution in [3.8, 4) is 0 Å². The van der Waals surface area contributed by atoms with Gasteiger partial charge in [-0.1, -0.05) is 13.8 Å². The number of carbonyl (C=O) groups is 2. The van der Waals surface area contributed by atoms with Gasteiger partial charge in [0.1, 0.15) is 12.6 Å². The molecule has 156 valence electrons. The molecule has 0 radical (unpaired) electrons. The summed E-state index contributed by atoms with van der Waals surface area (Å²) in [4.78, 5) is 27.3. The van der Waals surface area contributed by atoms with Gasteiger partial charge in [0, 0.05) is 18.8 Å². The fourth-order valence-corrected chi connectivity index (χ4v) is 3.16. The second kappa shape index (κ2) is 9.35. The second-order valence-electron chi connectivity index (χ2n) is 6.29. The van der Waals surface area contributed by atoms with Crippen LogP contribution in [-0.4, -0.2) is 62.1 Å². The van der Waals surface area contributed by atoms with E-state index in [1.807, 2.05) is 18.7 Å². The number of nitrogens with zero attached hydrogens (tertiary/aromatic N) is 2. The molecule has 1 heterocycles. The molecule has 7 nitrogen and oxygen atoms in total. The molecule has 1 aromatic carbocycles. The molecular weight excluding hydrogens is 377 g/mol. The van der Waals surface area contributed by atoms with Crippen LogP contribution in [0.2, 0.25) is 0 Å². The first-order valence-corrected chi connectivity index (χ1v) is 9.07. The third-order valence-corrected chi connectivity index (χ3v) is 4.63. The van der Waals surface area contributed by atoms with Crippen molar-refractivity contribution in [2.24, 2.45) is 5.73 Å². The number of morpholine rings is 1. The Morgan fingerprint density at radius 2 is 2.04 bits per heavy atom. The fraction of sp³-hybridized carbons (Fsp3) is 0.556. The van der Waals surface area contributed by atoms with Gasteiger partial charge in [-0.05, 0) is 31.3 Å². The highest BCUT2D eigenvalue weighted by atomic mass is 19.4. The van der Waals surface area contributed by atoms with Gasteiger partial charge in [0.25, 0.3) is 5.91 Å². The second-order valence-corrected chi connectivity index (χ2v) is 6.29. The standard InChI is InChI=1S/C18H25F3N4O3/c1-3-24(4-2)15(10-22)17(27)23-12-5-6-14(13(9-12)18(19,20)21)25-7-8-28-11-16(25)26/h5-6,9,15H,3-4,7-8,10-11,22H2,1-2H3,(H,23,27)/t15-/m1/s1. The summed E-state index contributed by atoms with van der Waals surface area (Å²) in [6.07, 6.45) is -4.69. The number of hydrogen-bond donors (Lipinski definition) is 2. The molecule has 2 rings (SSSR count). The van der Waals surface area contributed by atoms with Crippen LogP contribution < -0.4 is 16.0 Å². The number of carbonyl (C=O) groups excluding carboxylic acids is 2. The van der Waals surface area contributed by atoms with Gasteiger partial charge < -0.3 is 20.7 Å². The molecule has 1 aliphatic rings. The Hall–Kier alpha value is -2.17. The van der Waals surface area contributed by atoms with E-state index in [1.54, 1.807) is 0 Å². The van der Waals surface area contributed by atoms with Gasteiger partial charge in [0.2, 0.25) is 5.91 Å². The number of hydrogen-bond acceptors (Lipinski definition) is 5. The van der Waals surface area contributed by atoms with Crippen molar-refractivity contribution in [2.45, 2.75) is 26.1 Å². The number of anilines is 2. The summed E-state index contributed by atoms with van der Waals surface area (Å²) in [5.74, 6) is -1.02. The number of ether oxygens (including phenoxy) is 1. The molecule has 0 aromatic heterocycles. The van der Waals surface area contributed by atoms with Gasteiger partial charge in [0.05, 0.1) is 17.9 Å². The number of amides is 2. The largest absolute Gasteiger partial charge is 0.418 e. The highest BCUT2D eigenvalue weighted by molar-refractivity contribution is 5.98. The van der Waals surface area contributed by atoms with Gasteiger partial charge in [0.15, 0.2) is 0 Å². The van der Waals surface area contributed by atoms with E-state index in [0.29, 0.717) is 13.1 Å². The molecule has 1 aliphatic heterocycles. The molecule has 1 atom stereocenters. The van der Waals surface area contributed by atoms with Crippen molar-refractivity contribution in [3.05, 3.63) is 23.8 Å². The Morgan fingerprint density at radius 1 is 1.36 bits per heavy atom. The van der Waals surface area contributed by atoms with Crippen LogP contribution in [0.1, 0.15) is 19.4 Å². The van der Waals surface area contributed by atoms with Crippen molar-refractivity contribution in [2.75, 3.05) is 49.6 Å². The van der Waals surface area contributed by atoms with E-state index in [4.69, 9.17) is 10.5 Å². The van der Waals surface area contributed by atoms with Gasteiger partial charge in [-0.2, -0.15) is 13.2 Å². The minimum Gasteiger partial charge on any atom is -0.370 e. The first kappa shape index (κ1) is 22.1. The van der Waals surface area contributed by atoms with E-state index in [2.05, 4.69) is 5.32 Å². The summed E-state index contributed by atoms with van der Waals surface area (Å²) in [5.41, 5.74) is 4.43. The van der Waals surface area contributed by atoms with Crippen molar-refractivity contribution < 1.29 is 27.5 Å². The van der Waals surface area contributed by atoms with Crippen LogP contribution in [0, 0.1) is 0 Å². The van der Waals surface area contributed by atoms with Gasteiger partial charge in [-0.3, -0.25) is 14.5 Å². The molecule has 1 fully saturated rings. The van der Waals surface area contributed by atoms with Crippen molar-refractivity contribution in [1.82, 2.24) is 4.90 Å². The average Bonchev–Trinajstić information content (AvgIpc) is 2.65. The van der Waals surface area contributed by atoms with Gasteiger partial charge >= 0.3 is 6.18 Å². The molecule has 0 unspecified atom stereocenters.